The molecule has 0 amide bonds. The first-order chi connectivity index (χ1) is 2.94. The third kappa shape index (κ3) is 4.36. The van der Waals surface area contributed by atoms with Gasteiger partial charge in [0.1, 0.15) is 0 Å². The van der Waals surface area contributed by atoms with Crippen LogP contribution in [0, 0.1) is 0 Å². The summed E-state index contributed by atoms with van der Waals surface area (Å²) in [6, 6.07) is 0. The maximum atomic E-state index is 10.3. The molecule has 0 aromatic carbocycles. The maximum Gasteiger partial charge on any atom is 0.210 e. The summed E-state index contributed by atoms with van der Waals surface area (Å²) in [5.74, 6) is 0. The second kappa shape index (κ2) is 3.27. The zero-order valence-corrected chi connectivity index (χ0v) is 6.62. The van der Waals surface area contributed by atoms with E-state index in [1.165, 1.54) is 14.1 Å². The summed E-state index contributed by atoms with van der Waals surface area (Å²) < 4.78 is 21.7. The summed E-state index contributed by atoms with van der Waals surface area (Å²) in [7, 11) is 0.0833. The van der Waals surface area contributed by atoms with E-state index in [1.807, 2.05) is 0 Å². The van der Waals surface area contributed by atoms with Gasteiger partial charge in [-0.1, -0.05) is 0 Å². The molecule has 52 valence electrons. The molecule has 8 heavy (non-hydrogen) atoms. The monoisotopic (exact) mass is 158 g/mol. The van der Waals surface area contributed by atoms with Crippen molar-refractivity contribution in [1.29, 1.82) is 0 Å². The second-order valence-electron chi connectivity index (χ2n) is 1.55. The molecular formula is C3H9ClNO2S-. The summed E-state index contributed by atoms with van der Waals surface area (Å²) in [6.45, 7) is 0. The van der Waals surface area contributed by atoms with E-state index in [2.05, 4.69) is 0 Å². The molecule has 0 radical (unpaired) electrons. The summed E-state index contributed by atoms with van der Waals surface area (Å²) in [5, 5.41) is 0. The lowest BCUT2D eigenvalue weighted by molar-refractivity contribution is -0.00000414. The fourth-order valence-corrected chi connectivity index (χ4v) is 0. The second-order valence-corrected chi connectivity index (χ2v) is 3.74. The molecule has 3 nitrogen and oxygen atoms in total. The van der Waals surface area contributed by atoms with Gasteiger partial charge in [0.15, 0.2) is 0 Å². The zero-order chi connectivity index (χ0) is 6.08. The number of hydrogen-bond donors (Lipinski definition) is 0. The van der Waals surface area contributed by atoms with Crippen molar-refractivity contribution < 1.29 is 20.8 Å². The first-order valence-electron chi connectivity index (χ1n) is 1.82. The third-order valence-electron chi connectivity index (χ3n) is 0.663. The zero-order valence-electron chi connectivity index (χ0n) is 5.05. The van der Waals surface area contributed by atoms with Crippen molar-refractivity contribution >= 4 is 10.0 Å². The molecule has 0 N–H and O–H groups in total. The molecule has 0 saturated heterocycles. The van der Waals surface area contributed by atoms with E-state index >= 15 is 0 Å². The van der Waals surface area contributed by atoms with Crippen LogP contribution in [0.4, 0.5) is 0 Å². The molecule has 5 heteroatoms. The van der Waals surface area contributed by atoms with Gasteiger partial charge >= 0.3 is 0 Å². The largest absolute Gasteiger partial charge is 1.00 e. The van der Waals surface area contributed by atoms with Crippen LogP contribution in [0.3, 0.4) is 0 Å². The van der Waals surface area contributed by atoms with Gasteiger partial charge in [-0.3, -0.25) is 0 Å². The number of hydrogen-bond acceptors (Lipinski definition) is 2. The van der Waals surface area contributed by atoms with Crippen molar-refractivity contribution in [3.63, 3.8) is 0 Å². The molecule has 0 aliphatic heterocycles. The summed E-state index contributed by atoms with van der Waals surface area (Å²) >= 11 is 0. The highest BCUT2D eigenvalue weighted by atomic mass is 35.5. The molecule has 0 saturated carbocycles. The molecule has 0 atom stereocenters. The molecular weight excluding hydrogens is 150 g/mol. The van der Waals surface area contributed by atoms with Crippen LogP contribution >= 0.6 is 0 Å². The molecule has 0 aliphatic rings. The van der Waals surface area contributed by atoms with Crippen molar-refractivity contribution in [3.05, 3.63) is 0 Å². The lowest BCUT2D eigenvalue weighted by Crippen LogP contribution is -3.00. The van der Waals surface area contributed by atoms with Crippen LogP contribution in [0.15, 0.2) is 0 Å². The van der Waals surface area contributed by atoms with Crippen molar-refractivity contribution in [2.45, 2.75) is 0 Å². The summed E-state index contributed by atoms with van der Waals surface area (Å²) in [6.07, 6.45) is 1.16. The van der Waals surface area contributed by atoms with E-state index in [0.29, 0.717) is 0 Å². The van der Waals surface area contributed by atoms with E-state index in [4.69, 9.17) is 0 Å². The Hall–Kier alpha value is 0.200. The smallest absolute Gasteiger partial charge is 0.210 e. The van der Waals surface area contributed by atoms with E-state index in [0.717, 1.165) is 10.6 Å². The van der Waals surface area contributed by atoms with E-state index in [-0.39, 0.29) is 12.4 Å². The Morgan fingerprint density at radius 1 is 1.25 bits per heavy atom. The average molecular weight is 159 g/mol. The molecule has 0 rings (SSSR count). The SMILES string of the molecule is CN(C)S(C)(=O)=O.[Cl-]. The van der Waals surface area contributed by atoms with E-state index in [9.17, 15) is 8.42 Å². The topological polar surface area (TPSA) is 37.4 Å². The van der Waals surface area contributed by atoms with Gasteiger partial charge in [-0.25, -0.2) is 12.7 Å². The normalized spacial score (nSPS) is 11.0. The molecule has 0 bridgehead atoms. The molecule has 0 unspecified atom stereocenters. The number of nitrogens with zero attached hydrogens (tertiary/aromatic N) is 1. The summed E-state index contributed by atoms with van der Waals surface area (Å²) in [5.41, 5.74) is 0. The standard InChI is InChI=1S/C3H9NO2S.ClH/c1-4(2)7(3,5)6;/h1-3H3;1H/p-1. The molecule has 0 fully saturated rings. The van der Waals surface area contributed by atoms with Crippen molar-refractivity contribution in [1.82, 2.24) is 4.31 Å². The Balaban J connectivity index is 0. The quantitative estimate of drug-likeness (QED) is 0.398. The van der Waals surface area contributed by atoms with Crippen molar-refractivity contribution in [2.75, 3.05) is 20.4 Å². The Bertz CT molecular complexity index is 139. The van der Waals surface area contributed by atoms with Gasteiger partial charge in [0, 0.05) is 14.1 Å². The Labute approximate surface area is 56.1 Å². The number of sulfonamides is 1. The minimum atomic E-state index is -2.91. The predicted octanol–water partition coefficient (Wildman–Crippen LogP) is -3.49. The highest BCUT2D eigenvalue weighted by Crippen LogP contribution is 1.82. The van der Waals surface area contributed by atoms with Gasteiger partial charge in [0.05, 0.1) is 6.26 Å². The van der Waals surface area contributed by atoms with Crippen LogP contribution in [-0.4, -0.2) is 33.1 Å². The van der Waals surface area contributed by atoms with Gasteiger partial charge in [-0.05, 0) is 0 Å². The molecule has 0 spiro atoms. The van der Waals surface area contributed by atoms with Crippen LogP contribution in [0.1, 0.15) is 0 Å². The molecule has 0 aromatic rings. The average Bonchev–Trinajstić information content (AvgIpc) is 1.31. The minimum Gasteiger partial charge on any atom is -1.00 e. The number of halogens is 1. The summed E-state index contributed by atoms with van der Waals surface area (Å²) in [4.78, 5) is 0. The minimum absolute atomic E-state index is 0. The van der Waals surface area contributed by atoms with Crippen LogP contribution in [0.25, 0.3) is 0 Å². The Kier molecular flexibility index (Phi) is 4.52. The molecule has 0 aromatic heterocycles. The Morgan fingerprint density at radius 3 is 1.38 bits per heavy atom. The lowest BCUT2D eigenvalue weighted by Gasteiger charge is -2.02. The van der Waals surface area contributed by atoms with Crippen molar-refractivity contribution in [2.24, 2.45) is 0 Å². The lowest BCUT2D eigenvalue weighted by atomic mass is 11.3. The molecule has 0 aliphatic carbocycles. The highest BCUT2D eigenvalue weighted by molar-refractivity contribution is 7.88. The fourth-order valence-electron chi connectivity index (χ4n) is 0. The van der Waals surface area contributed by atoms with Crippen LogP contribution in [-0.2, 0) is 10.0 Å². The molecule has 0 heterocycles. The van der Waals surface area contributed by atoms with Crippen LogP contribution in [0.5, 0.6) is 0 Å². The van der Waals surface area contributed by atoms with Crippen molar-refractivity contribution in [3.8, 4) is 0 Å². The fraction of sp³-hybridized carbons (Fsp3) is 1.00. The van der Waals surface area contributed by atoms with E-state index in [1.54, 1.807) is 0 Å². The van der Waals surface area contributed by atoms with E-state index < -0.39 is 10.0 Å². The first kappa shape index (κ1) is 11.1. The predicted molar refractivity (Wildman–Crippen MR) is 28.5 cm³/mol. The maximum absolute atomic E-state index is 10.3. The van der Waals surface area contributed by atoms with Crippen LogP contribution in [0.2, 0.25) is 0 Å². The van der Waals surface area contributed by atoms with Gasteiger partial charge in [-0.2, -0.15) is 0 Å². The van der Waals surface area contributed by atoms with Gasteiger partial charge in [0.25, 0.3) is 0 Å². The van der Waals surface area contributed by atoms with Gasteiger partial charge < -0.3 is 12.4 Å². The number of rotatable bonds is 1. The highest BCUT2D eigenvalue weighted by Gasteiger charge is 2.00. The third-order valence-corrected chi connectivity index (χ3v) is 1.99. The first-order valence-corrected chi connectivity index (χ1v) is 3.67. The van der Waals surface area contributed by atoms with Crippen LogP contribution < -0.4 is 12.4 Å². The Morgan fingerprint density at radius 2 is 1.38 bits per heavy atom. The van der Waals surface area contributed by atoms with Gasteiger partial charge in [0.2, 0.25) is 10.0 Å². The van der Waals surface area contributed by atoms with Gasteiger partial charge in [-0.15, -0.1) is 0 Å².